The van der Waals surface area contributed by atoms with Crippen LogP contribution in [-0.2, 0) is 6.42 Å². The zero-order valence-corrected chi connectivity index (χ0v) is 8.88. The van der Waals surface area contributed by atoms with E-state index in [1.807, 2.05) is 5.38 Å². The number of hydrogen-bond acceptors (Lipinski definition) is 5. The van der Waals surface area contributed by atoms with Crippen LogP contribution in [0.4, 0.5) is 10.3 Å². The zero-order valence-electron chi connectivity index (χ0n) is 8.07. The van der Waals surface area contributed by atoms with Crippen molar-refractivity contribution in [3.8, 4) is 0 Å². The van der Waals surface area contributed by atoms with E-state index in [9.17, 15) is 4.39 Å². The lowest BCUT2D eigenvalue weighted by atomic mass is 10.3. The number of halogens is 1. The van der Waals surface area contributed by atoms with E-state index >= 15 is 0 Å². The second-order valence-corrected chi connectivity index (χ2v) is 3.82. The maximum Gasteiger partial charge on any atom is 0.222 e. The third-order valence-electron chi connectivity index (χ3n) is 1.84. The van der Waals surface area contributed by atoms with Gasteiger partial charge in [0.05, 0.1) is 16.9 Å². The van der Waals surface area contributed by atoms with Crippen molar-refractivity contribution in [3.63, 3.8) is 0 Å². The monoisotopic (exact) mass is 224 g/mol. The molecule has 0 amide bonds. The molecule has 78 valence electrons. The summed E-state index contributed by atoms with van der Waals surface area (Å²) in [6.07, 6.45) is 3.26. The second-order valence-electron chi connectivity index (χ2n) is 2.84. The van der Waals surface area contributed by atoms with Crippen molar-refractivity contribution >= 4 is 17.3 Å². The number of aromatic nitrogens is 3. The SMILES string of the molecule is CNc1ncc(F)c(Cc2nccs2)n1. The van der Waals surface area contributed by atoms with Crippen LogP contribution < -0.4 is 5.32 Å². The molecule has 15 heavy (non-hydrogen) atoms. The van der Waals surface area contributed by atoms with Gasteiger partial charge in [0.25, 0.3) is 0 Å². The molecule has 1 N–H and O–H groups in total. The van der Waals surface area contributed by atoms with Crippen molar-refractivity contribution in [3.05, 3.63) is 34.3 Å². The number of rotatable bonds is 3. The molecule has 0 bridgehead atoms. The summed E-state index contributed by atoms with van der Waals surface area (Å²) in [5, 5.41) is 5.47. The van der Waals surface area contributed by atoms with Gasteiger partial charge in [-0.15, -0.1) is 11.3 Å². The number of nitrogens with zero attached hydrogens (tertiary/aromatic N) is 3. The summed E-state index contributed by atoms with van der Waals surface area (Å²) in [7, 11) is 1.69. The molecule has 0 saturated carbocycles. The van der Waals surface area contributed by atoms with E-state index in [1.165, 1.54) is 17.5 Å². The molecule has 0 aliphatic carbocycles. The van der Waals surface area contributed by atoms with Gasteiger partial charge in [-0.3, -0.25) is 0 Å². The summed E-state index contributed by atoms with van der Waals surface area (Å²) in [6, 6.07) is 0. The summed E-state index contributed by atoms with van der Waals surface area (Å²) in [5.41, 5.74) is 0.365. The van der Waals surface area contributed by atoms with Gasteiger partial charge in [-0.1, -0.05) is 0 Å². The fourth-order valence-electron chi connectivity index (χ4n) is 1.13. The molecule has 4 nitrogen and oxygen atoms in total. The van der Waals surface area contributed by atoms with Gasteiger partial charge in [0, 0.05) is 25.0 Å². The van der Waals surface area contributed by atoms with E-state index in [2.05, 4.69) is 20.3 Å². The highest BCUT2D eigenvalue weighted by molar-refractivity contribution is 7.09. The highest BCUT2D eigenvalue weighted by atomic mass is 32.1. The van der Waals surface area contributed by atoms with Gasteiger partial charge < -0.3 is 5.32 Å². The molecular formula is C9H9FN4S. The Labute approximate surface area is 90.2 Å². The lowest BCUT2D eigenvalue weighted by Crippen LogP contribution is -2.03. The number of nitrogens with one attached hydrogen (secondary N) is 1. The van der Waals surface area contributed by atoms with Crippen LogP contribution in [0, 0.1) is 5.82 Å². The predicted molar refractivity (Wildman–Crippen MR) is 56.5 cm³/mol. The van der Waals surface area contributed by atoms with E-state index in [1.54, 1.807) is 13.2 Å². The van der Waals surface area contributed by atoms with Gasteiger partial charge in [0.1, 0.15) is 0 Å². The van der Waals surface area contributed by atoms with Crippen molar-refractivity contribution in [1.29, 1.82) is 0 Å². The summed E-state index contributed by atoms with van der Waals surface area (Å²) in [5.74, 6) is 0.0205. The molecule has 0 saturated heterocycles. The third-order valence-corrected chi connectivity index (χ3v) is 2.62. The van der Waals surface area contributed by atoms with Crippen LogP contribution in [0.3, 0.4) is 0 Å². The van der Waals surface area contributed by atoms with Gasteiger partial charge in [-0.05, 0) is 0 Å². The van der Waals surface area contributed by atoms with Crippen molar-refractivity contribution in [2.24, 2.45) is 0 Å². The molecular weight excluding hydrogens is 215 g/mol. The molecule has 0 aliphatic heterocycles. The summed E-state index contributed by atoms with van der Waals surface area (Å²) >= 11 is 1.48. The minimum absolute atomic E-state index is 0.365. The van der Waals surface area contributed by atoms with Crippen LogP contribution in [-0.4, -0.2) is 22.0 Å². The van der Waals surface area contributed by atoms with Gasteiger partial charge in [0.15, 0.2) is 5.82 Å². The molecule has 0 aliphatic rings. The van der Waals surface area contributed by atoms with E-state index in [4.69, 9.17) is 0 Å². The fraction of sp³-hybridized carbons (Fsp3) is 0.222. The first kappa shape index (κ1) is 9.97. The Kier molecular flexibility index (Phi) is 2.86. The van der Waals surface area contributed by atoms with Crippen molar-refractivity contribution in [2.75, 3.05) is 12.4 Å². The second kappa shape index (κ2) is 4.31. The quantitative estimate of drug-likeness (QED) is 0.862. The number of thiazole rings is 1. The lowest BCUT2D eigenvalue weighted by molar-refractivity contribution is 0.596. The minimum atomic E-state index is -0.399. The fourth-order valence-corrected chi connectivity index (χ4v) is 1.75. The van der Waals surface area contributed by atoms with Crippen LogP contribution in [0.1, 0.15) is 10.7 Å². The predicted octanol–water partition coefficient (Wildman–Crippen LogP) is 1.70. The maximum absolute atomic E-state index is 13.3. The largest absolute Gasteiger partial charge is 0.357 e. The Bertz CT molecular complexity index is 443. The molecule has 2 rings (SSSR count). The van der Waals surface area contributed by atoms with Crippen LogP contribution in [0.5, 0.6) is 0 Å². The van der Waals surface area contributed by atoms with Gasteiger partial charge in [0.2, 0.25) is 5.95 Å². The standard InChI is InChI=1S/C9H9FN4S/c1-11-9-13-5-6(10)7(14-9)4-8-12-2-3-15-8/h2-3,5H,4H2,1H3,(H,11,13,14). The van der Waals surface area contributed by atoms with Crippen molar-refractivity contribution < 1.29 is 4.39 Å². The molecule has 6 heteroatoms. The minimum Gasteiger partial charge on any atom is -0.357 e. The molecule has 0 unspecified atom stereocenters. The van der Waals surface area contributed by atoms with Crippen LogP contribution >= 0.6 is 11.3 Å². The van der Waals surface area contributed by atoms with Crippen LogP contribution in [0.25, 0.3) is 0 Å². The molecule has 0 aromatic carbocycles. The molecule has 2 heterocycles. The number of anilines is 1. The molecule has 0 spiro atoms. The van der Waals surface area contributed by atoms with Crippen LogP contribution in [0.2, 0.25) is 0 Å². The normalized spacial score (nSPS) is 10.3. The zero-order chi connectivity index (χ0) is 10.7. The molecule has 0 fully saturated rings. The van der Waals surface area contributed by atoms with Crippen molar-refractivity contribution in [1.82, 2.24) is 15.0 Å². The maximum atomic E-state index is 13.3. The van der Waals surface area contributed by atoms with Gasteiger partial charge in [-0.2, -0.15) is 0 Å². The van der Waals surface area contributed by atoms with Crippen LogP contribution in [0.15, 0.2) is 17.8 Å². The Hall–Kier alpha value is -1.56. The first-order valence-corrected chi connectivity index (χ1v) is 5.25. The highest BCUT2D eigenvalue weighted by Crippen LogP contribution is 2.13. The third kappa shape index (κ3) is 2.27. The van der Waals surface area contributed by atoms with E-state index in [-0.39, 0.29) is 0 Å². The average Bonchev–Trinajstić information content (AvgIpc) is 2.74. The smallest absolute Gasteiger partial charge is 0.222 e. The highest BCUT2D eigenvalue weighted by Gasteiger charge is 2.08. The Morgan fingerprint density at radius 3 is 3.00 bits per heavy atom. The van der Waals surface area contributed by atoms with E-state index in [0.29, 0.717) is 18.1 Å². The van der Waals surface area contributed by atoms with Gasteiger partial charge >= 0.3 is 0 Å². The van der Waals surface area contributed by atoms with Crippen molar-refractivity contribution in [2.45, 2.75) is 6.42 Å². The first-order valence-electron chi connectivity index (χ1n) is 4.37. The molecule has 0 atom stereocenters. The molecule has 2 aromatic rings. The Morgan fingerprint density at radius 1 is 1.47 bits per heavy atom. The Morgan fingerprint density at radius 2 is 2.33 bits per heavy atom. The lowest BCUT2D eigenvalue weighted by Gasteiger charge is -2.02. The average molecular weight is 224 g/mol. The van der Waals surface area contributed by atoms with E-state index in [0.717, 1.165) is 5.01 Å². The first-order chi connectivity index (χ1) is 7.29. The van der Waals surface area contributed by atoms with Gasteiger partial charge in [-0.25, -0.2) is 19.3 Å². The molecule has 0 radical (unpaired) electrons. The Balaban J connectivity index is 2.27. The summed E-state index contributed by atoms with van der Waals surface area (Å²) in [6.45, 7) is 0. The molecule has 2 aromatic heterocycles. The topological polar surface area (TPSA) is 50.7 Å². The number of hydrogen-bond donors (Lipinski definition) is 1. The van der Waals surface area contributed by atoms with E-state index < -0.39 is 5.82 Å². The summed E-state index contributed by atoms with van der Waals surface area (Å²) < 4.78 is 13.3. The summed E-state index contributed by atoms with van der Waals surface area (Å²) in [4.78, 5) is 11.9.